The molecule has 8 heteroatoms. The van der Waals surface area contributed by atoms with E-state index in [-0.39, 0.29) is 30.0 Å². The number of esters is 2. The summed E-state index contributed by atoms with van der Waals surface area (Å²) in [5.41, 5.74) is 1.42. The standard InChI is InChI=1S/C27H35Cl2NO5/c1-19-5-3-2-4-6-21-17-23(18-24(21)25(31)11-12-26(32)34-19)35-27(33)20-7-9-22(10-8-20)30(15-13-28)16-14-29/h4,6-12,19,21,23-25,31H,2-3,5,13-18H2,1H3/b6-4+,12-11+/t19-,21+,23-,24+,25+/m0/s1. The normalized spacial score (nSPS) is 29.0. The highest BCUT2D eigenvalue weighted by molar-refractivity contribution is 6.18. The number of hydrogen-bond acceptors (Lipinski definition) is 6. The average molecular weight is 524 g/mol. The molecular weight excluding hydrogens is 489 g/mol. The van der Waals surface area contributed by atoms with Gasteiger partial charge in [-0.1, -0.05) is 12.2 Å². The van der Waals surface area contributed by atoms with E-state index >= 15 is 0 Å². The minimum Gasteiger partial charge on any atom is -0.460 e. The van der Waals surface area contributed by atoms with Crippen molar-refractivity contribution in [2.24, 2.45) is 11.8 Å². The summed E-state index contributed by atoms with van der Waals surface area (Å²) >= 11 is 11.8. The molecule has 0 bridgehead atoms. The van der Waals surface area contributed by atoms with Crippen LogP contribution in [0.15, 0.2) is 48.6 Å². The Morgan fingerprint density at radius 3 is 2.54 bits per heavy atom. The topological polar surface area (TPSA) is 76.1 Å². The highest BCUT2D eigenvalue weighted by atomic mass is 35.5. The number of carbonyl (C=O) groups excluding carboxylic acids is 2. The molecule has 1 aromatic rings. The molecule has 1 N–H and O–H groups in total. The number of nitrogens with zero attached hydrogens (tertiary/aromatic N) is 1. The SMILES string of the molecule is C[C@H]1CCC/C=C/[C@@H]2C[C@H](OC(=O)c3ccc(N(CCCl)CCCl)cc3)C[C@H]2[C@H](O)/C=C/C(=O)O1. The molecule has 0 unspecified atom stereocenters. The number of hydrogen-bond donors (Lipinski definition) is 1. The summed E-state index contributed by atoms with van der Waals surface area (Å²) in [6.45, 7) is 3.22. The van der Waals surface area contributed by atoms with Crippen LogP contribution in [0.1, 0.15) is 49.4 Å². The van der Waals surface area contributed by atoms with Crippen LogP contribution >= 0.6 is 23.2 Å². The third kappa shape index (κ3) is 8.26. The largest absolute Gasteiger partial charge is 0.460 e. The van der Waals surface area contributed by atoms with E-state index in [4.69, 9.17) is 32.7 Å². The second-order valence-electron chi connectivity index (χ2n) is 9.19. The van der Waals surface area contributed by atoms with Crippen LogP contribution in [-0.4, -0.2) is 60.2 Å². The van der Waals surface area contributed by atoms with Crippen LogP contribution in [0, 0.1) is 11.8 Å². The molecule has 5 atom stereocenters. The first-order valence-electron chi connectivity index (χ1n) is 12.3. The lowest BCUT2D eigenvalue weighted by molar-refractivity contribution is -0.142. The molecule has 0 saturated heterocycles. The van der Waals surface area contributed by atoms with Crippen LogP contribution in [0.3, 0.4) is 0 Å². The first-order valence-corrected chi connectivity index (χ1v) is 13.4. The van der Waals surface area contributed by atoms with Gasteiger partial charge in [0.05, 0.1) is 17.8 Å². The van der Waals surface area contributed by atoms with E-state index in [1.165, 1.54) is 12.2 Å². The van der Waals surface area contributed by atoms with Crippen LogP contribution in [-0.2, 0) is 14.3 Å². The Labute approximate surface area is 217 Å². The molecule has 0 spiro atoms. The summed E-state index contributed by atoms with van der Waals surface area (Å²) in [6.07, 6.45) is 9.48. The third-order valence-corrected chi connectivity index (χ3v) is 6.96. The maximum Gasteiger partial charge on any atom is 0.338 e. The van der Waals surface area contributed by atoms with Gasteiger partial charge in [0.1, 0.15) is 6.10 Å². The predicted octanol–water partition coefficient (Wildman–Crippen LogP) is 5.11. The minimum absolute atomic E-state index is 0.0590. The number of rotatable bonds is 7. The lowest BCUT2D eigenvalue weighted by Crippen LogP contribution is -2.27. The average Bonchev–Trinajstić information content (AvgIpc) is 3.24. The van der Waals surface area contributed by atoms with Gasteiger partial charge in [-0.3, -0.25) is 0 Å². The molecule has 3 rings (SSSR count). The Bertz CT molecular complexity index is 882. The first kappa shape index (κ1) is 27.6. The Hall–Kier alpha value is -2.02. The van der Waals surface area contributed by atoms with Crippen molar-refractivity contribution in [2.75, 3.05) is 29.7 Å². The molecule has 1 aliphatic heterocycles. The monoisotopic (exact) mass is 523 g/mol. The molecule has 1 aliphatic carbocycles. The molecule has 0 radical (unpaired) electrons. The lowest BCUT2D eigenvalue weighted by atomic mass is 9.90. The van der Waals surface area contributed by atoms with Crippen molar-refractivity contribution in [3.63, 3.8) is 0 Å². The fourth-order valence-electron chi connectivity index (χ4n) is 4.78. The number of fused-ring (bicyclic) bond motifs is 1. The summed E-state index contributed by atoms with van der Waals surface area (Å²) in [5.74, 6) is 0.0570. The molecule has 0 amide bonds. The van der Waals surface area contributed by atoms with Crippen LogP contribution in [0.2, 0.25) is 0 Å². The zero-order chi connectivity index (χ0) is 25.2. The fraction of sp³-hybridized carbons (Fsp3) is 0.556. The maximum atomic E-state index is 12.8. The molecule has 35 heavy (non-hydrogen) atoms. The van der Waals surface area contributed by atoms with E-state index in [1.54, 1.807) is 12.1 Å². The molecular formula is C27H35Cl2NO5. The number of cyclic esters (lactones) is 1. The van der Waals surface area contributed by atoms with Crippen molar-refractivity contribution in [3.8, 4) is 0 Å². The number of anilines is 1. The van der Waals surface area contributed by atoms with Crippen LogP contribution in [0.5, 0.6) is 0 Å². The molecule has 2 aliphatic rings. The second kappa shape index (κ2) is 13.9. The van der Waals surface area contributed by atoms with Crippen LogP contribution in [0.4, 0.5) is 5.69 Å². The molecule has 1 heterocycles. The summed E-state index contributed by atoms with van der Waals surface area (Å²) in [6, 6.07) is 7.24. The number of aliphatic hydroxyl groups is 1. The van der Waals surface area contributed by atoms with Gasteiger partial charge in [0.25, 0.3) is 0 Å². The number of alkyl halides is 2. The number of carbonyl (C=O) groups is 2. The van der Waals surface area contributed by atoms with Gasteiger partial charge in [0, 0.05) is 36.6 Å². The van der Waals surface area contributed by atoms with Gasteiger partial charge in [-0.25, -0.2) is 9.59 Å². The van der Waals surface area contributed by atoms with E-state index in [2.05, 4.69) is 17.1 Å². The quantitative estimate of drug-likeness (QED) is 0.304. The van der Waals surface area contributed by atoms with Gasteiger partial charge in [0.15, 0.2) is 0 Å². The molecule has 1 saturated carbocycles. The minimum atomic E-state index is -0.828. The van der Waals surface area contributed by atoms with Gasteiger partial charge < -0.3 is 19.5 Å². The van der Waals surface area contributed by atoms with Gasteiger partial charge in [-0.15, -0.1) is 23.2 Å². The van der Waals surface area contributed by atoms with E-state index in [0.717, 1.165) is 24.9 Å². The summed E-state index contributed by atoms with van der Waals surface area (Å²) in [4.78, 5) is 26.9. The molecule has 192 valence electrons. The van der Waals surface area contributed by atoms with E-state index in [1.807, 2.05) is 19.1 Å². The Morgan fingerprint density at radius 2 is 1.86 bits per heavy atom. The number of aliphatic hydroxyl groups excluding tert-OH is 1. The Balaban J connectivity index is 1.65. The van der Waals surface area contributed by atoms with Gasteiger partial charge in [-0.05, 0) is 81.2 Å². The smallest absolute Gasteiger partial charge is 0.338 e. The van der Waals surface area contributed by atoms with Crippen molar-refractivity contribution in [1.29, 1.82) is 0 Å². The highest BCUT2D eigenvalue weighted by Crippen LogP contribution is 2.38. The fourth-order valence-corrected chi connectivity index (χ4v) is 5.18. The number of allylic oxidation sites excluding steroid dienone is 2. The van der Waals surface area contributed by atoms with Crippen molar-refractivity contribution in [1.82, 2.24) is 0 Å². The Kier molecular flexibility index (Phi) is 11.0. The summed E-state index contributed by atoms with van der Waals surface area (Å²) < 4.78 is 11.2. The molecule has 6 nitrogen and oxygen atoms in total. The van der Waals surface area contributed by atoms with Gasteiger partial charge in [0.2, 0.25) is 0 Å². The van der Waals surface area contributed by atoms with E-state index in [0.29, 0.717) is 43.3 Å². The second-order valence-corrected chi connectivity index (χ2v) is 9.95. The zero-order valence-corrected chi connectivity index (χ0v) is 21.7. The predicted molar refractivity (Wildman–Crippen MR) is 139 cm³/mol. The maximum absolute atomic E-state index is 12.8. The van der Waals surface area contributed by atoms with Crippen molar-refractivity contribution >= 4 is 40.8 Å². The van der Waals surface area contributed by atoms with Crippen molar-refractivity contribution < 1.29 is 24.2 Å². The Morgan fingerprint density at radius 1 is 1.14 bits per heavy atom. The third-order valence-electron chi connectivity index (χ3n) is 6.62. The van der Waals surface area contributed by atoms with Crippen LogP contribution in [0.25, 0.3) is 0 Å². The number of benzene rings is 1. The summed E-state index contributed by atoms with van der Waals surface area (Å²) in [5, 5.41) is 10.8. The number of halogens is 2. The van der Waals surface area contributed by atoms with Gasteiger partial charge >= 0.3 is 11.9 Å². The zero-order valence-electron chi connectivity index (χ0n) is 20.2. The van der Waals surface area contributed by atoms with Crippen molar-refractivity contribution in [2.45, 2.75) is 57.3 Å². The van der Waals surface area contributed by atoms with E-state index in [9.17, 15) is 14.7 Å². The van der Waals surface area contributed by atoms with Crippen LogP contribution < -0.4 is 4.90 Å². The first-order chi connectivity index (χ1) is 16.9. The molecule has 0 aromatic heterocycles. The van der Waals surface area contributed by atoms with E-state index < -0.39 is 12.1 Å². The highest BCUT2D eigenvalue weighted by Gasteiger charge is 2.38. The lowest BCUT2D eigenvalue weighted by Gasteiger charge is -2.23. The van der Waals surface area contributed by atoms with Gasteiger partial charge in [-0.2, -0.15) is 0 Å². The number of ether oxygens (including phenoxy) is 2. The summed E-state index contributed by atoms with van der Waals surface area (Å²) in [7, 11) is 0. The molecule has 1 aromatic carbocycles. The molecule has 1 fully saturated rings. The van der Waals surface area contributed by atoms with Crippen molar-refractivity contribution in [3.05, 3.63) is 54.1 Å².